The molecule has 0 fully saturated rings. The van der Waals surface area contributed by atoms with Gasteiger partial charge in [-0.1, -0.05) is 42.4 Å². The van der Waals surface area contributed by atoms with Gasteiger partial charge in [-0.15, -0.1) is 0 Å². The standard InChI is InChI=1S/C19H17ClN2O3/c1-2-17(23)21-13-6-3-5-12(9-13)10-18(24)22-16-11-25-19-14(16)7-4-8-15(19)20/h2-9,16H,1,10-11H2,(H,21,23)(H,22,24). The maximum Gasteiger partial charge on any atom is 0.247 e. The molecule has 1 heterocycles. The second-order valence-corrected chi connectivity index (χ2v) is 6.07. The fourth-order valence-corrected chi connectivity index (χ4v) is 2.95. The Labute approximate surface area is 150 Å². The Hall–Kier alpha value is -2.79. The van der Waals surface area contributed by atoms with Gasteiger partial charge < -0.3 is 15.4 Å². The first-order valence-corrected chi connectivity index (χ1v) is 8.17. The summed E-state index contributed by atoms with van der Waals surface area (Å²) in [5.41, 5.74) is 2.30. The van der Waals surface area contributed by atoms with Crippen molar-refractivity contribution in [3.05, 3.63) is 71.3 Å². The van der Waals surface area contributed by atoms with Crippen molar-refractivity contribution >= 4 is 29.1 Å². The number of hydrogen-bond donors (Lipinski definition) is 2. The van der Waals surface area contributed by atoms with Crippen molar-refractivity contribution in [1.82, 2.24) is 5.32 Å². The summed E-state index contributed by atoms with van der Waals surface area (Å²) in [7, 11) is 0. The quantitative estimate of drug-likeness (QED) is 0.808. The maximum absolute atomic E-state index is 12.3. The van der Waals surface area contributed by atoms with Crippen LogP contribution in [0.4, 0.5) is 5.69 Å². The van der Waals surface area contributed by atoms with E-state index in [1.807, 2.05) is 18.2 Å². The number of fused-ring (bicyclic) bond motifs is 1. The molecular formula is C19H17ClN2O3. The van der Waals surface area contributed by atoms with E-state index in [9.17, 15) is 9.59 Å². The minimum absolute atomic E-state index is 0.131. The van der Waals surface area contributed by atoms with Crippen LogP contribution in [0.1, 0.15) is 17.2 Å². The van der Waals surface area contributed by atoms with Gasteiger partial charge in [-0.3, -0.25) is 9.59 Å². The minimum Gasteiger partial charge on any atom is -0.489 e. The summed E-state index contributed by atoms with van der Waals surface area (Å²) in [6, 6.07) is 12.4. The fourth-order valence-electron chi connectivity index (χ4n) is 2.71. The van der Waals surface area contributed by atoms with E-state index < -0.39 is 0 Å². The normalized spacial score (nSPS) is 15.0. The average molecular weight is 357 g/mol. The van der Waals surface area contributed by atoms with Crippen LogP contribution >= 0.6 is 11.6 Å². The van der Waals surface area contributed by atoms with Gasteiger partial charge in [-0.2, -0.15) is 0 Å². The van der Waals surface area contributed by atoms with E-state index in [1.165, 1.54) is 6.08 Å². The van der Waals surface area contributed by atoms with E-state index in [1.54, 1.807) is 24.3 Å². The minimum atomic E-state index is -0.293. The van der Waals surface area contributed by atoms with Crippen LogP contribution < -0.4 is 15.4 Å². The molecule has 0 aromatic heterocycles. The second kappa shape index (κ2) is 7.40. The van der Waals surface area contributed by atoms with E-state index in [4.69, 9.17) is 16.3 Å². The number of rotatable bonds is 5. The second-order valence-electron chi connectivity index (χ2n) is 5.66. The summed E-state index contributed by atoms with van der Waals surface area (Å²) in [6.45, 7) is 3.77. The van der Waals surface area contributed by atoms with Crippen molar-refractivity contribution < 1.29 is 14.3 Å². The first-order valence-electron chi connectivity index (χ1n) is 7.80. The molecule has 2 N–H and O–H groups in total. The van der Waals surface area contributed by atoms with Crippen molar-refractivity contribution in [2.45, 2.75) is 12.5 Å². The number of hydrogen-bond acceptors (Lipinski definition) is 3. The van der Waals surface area contributed by atoms with Gasteiger partial charge in [0, 0.05) is 11.3 Å². The molecule has 0 saturated carbocycles. The predicted molar refractivity (Wildman–Crippen MR) is 96.8 cm³/mol. The third-order valence-corrected chi connectivity index (χ3v) is 4.14. The Balaban J connectivity index is 1.64. The zero-order chi connectivity index (χ0) is 17.8. The molecule has 2 amide bonds. The number of halogens is 1. The van der Waals surface area contributed by atoms with E-state index >= 15 is 0 Å². The average Bonchev–Trinajstić information content (AvgIpc) is 2.99. The molecule has 0 aliphatic carbocycles. The molecule has 25 heavy (non-hydrogen) atoms. The zero-order valence-electron chi connectivity index (χ0n) is 13.4. The SMILES string of the molecule is C=CC(=O)Nc1cccc(CC(=O)NC2COc3c(Cl)cccc32)c1. The maximum atomic E-state index is 12.3. The van der Waals surface area contributed by atoms with E-state index in [0.29, 0.717) is 23.1 Å². The zero-order valence-corrected chi connectivity index (χ0v) is 14.2. The molecule has 2 aromatic carbocycles. The van der Waals surface area contributed by atoms with E-state index in [0.717, 1.165) is 11.1 Å². The van der Waals surface area contributed by atoms with Gasteiger partial charge in [0.05, 0.1) is 17.5 Å². The highest BCUT2D eigenvalue weighted by molar-refractivity contribution is 6.32. The number of nitrogens with one attached hydrogen (secondary N) is 2. The lowest BCUT2D eigenvalue weighted by Gasteiger charge is -2.12. The molecule has 128 valence electrons. The lowest BCUT2D eigenvalue weighted by molar-refractivity contribution is -0.121. The summed E-state index contributed by atoms with van der Waals surface area (Å²) in [4.78, 5) is 23.7. The number of benzene rings is 2. The summed E-state index contributed by atoms with van der Waals surface area (Å²) < 4.78 is 5.56. The van der Waals surface area contributed by atoms with Crippen molar-refractivity contribution in [1.29, 1.82) is 0 Å². The van der Waals surface area contributed by atoms with Crippen LogP contribution in [-0.4, -0.2) is 18.4 Å². The van der Waals surface area contributed by atoms with Gasteiger partial charge in [0.1, 0.15) is 12.4 Å². The Kier molecular flexibility index (Phi) is 5.05. The summed E-state index contributed by atoms with van der Waals surface area (Å²) in [5, 5.41) is 6.17. The lowest BCUT2D eigenvalue weighted by Crippen LogP contribution is -2.30. The van der Waals surface area contributed by atoms with Crippen LogP contribution in [0.2, 0.25) is 5.02 Å². The molecule has 0 radical (unpaired) electrons. The van der Waals surface area contributed by atoms with Crippen molar-refractivity contribution in [3.8, 4) is 5.75 Å². The van der Waals surface area contributed by atoms with Gasteiger partial charge in [0.2, 0.25) is 11.8 Å². The van der Waals surface area contributed by atoms with Crippen LogP contribution in [0.15, 0.2) is 55.1 Å². The highest BCUT2D eigenvalue weighted by Gasteiger charge is 2.27. The first kappa shape index (κ1) is 17.0. The predicted octanol–water partition coefficient (Wildman–Crippen LogP) is 3.26. The molecule has 1 unspecified atom stereocenters. The van der Waals surface area contributed by atoms with Gasteiger partial charge >= 0.3 is 0 Å². The largest absolute Gasteiger partial charge is 0.489 e. The smallest absolute Gasteiger partial charge is 0.247 e. The number of carbonyl (C=O) groups is 2. The summed E-state index contributed by atoms with van der Waals surface area (Å²) in [5.74, 6) is 0.204. The van der Waals surface area contributed by atoms with E-state index in [-0.39, 0.29) is 24.3 Å². The molecule has 6 heteroatoms. The molecule has 2 aromatic rings. The van der Waals surface area contributed by atoms with Crippen molar-refractivity contribution in [2.24, 2.45) is 0 Å². The van der Waals surface area contributed by atoms with E-state index in [2.05, 4.69) is 17.2 Å². The van der Waals surface area contributed by atoms with Crippen LogP contribution in [0.25, 0.3) is 0 Å². The highest BCUT2D eigenvalue weighted by atomic mass is 35.5. The Morgan fingerprint density at radius 2 is 2.08 bits per heavy atom. The lowest BCUT2D eigenvalue weighted by atomic mass is 10.1. The Bertz CT molecular complexity index is 835. The number of amides is 2. The molecule has 0 spiro atoms. The Morgan fingerprint density at radius 1 is 1.28 bits per heavy atom. The summed E-state index contributed by atoms with van der Waals surface area (Å²) >= 11 is 6.09. The third kappa shape index (κ3) is 4.00. The Morgan fingerprint density at radius 3 is 2.88 bits per heavy atom. The van der Waals surface area contributed by atoms with Gasteiger partial charge in [0.25, 0.3) is 0 Å². The van der Waals surface area contributed by atoms with Crippen LogP contribution in [0, 0.1) is 0 Å². The molecule has 1 aliphatic rings. The number of ether oxygens (including phenoxy) is 1. The molecule has 5 nitrogen and oxygen atoms in total. The first-order chi connectivity index (χ1) is 12.1. The number of anilines is 1. The number of para-hydroxylation sites is 1. The monoisotopic (exact) mass is 356 g/mol. The number of carbonyl (C=O) groups excluding carboxylic acids is 2. The molecule has 0 bridgehead atoms. The van der Waals surface area contributed by atoms with Crippen molar-refractivity contribution in [3.63, 3.8) is 0 Å². The van der Waals surface area contributed by atoms with Crippen molar-refractivity contribution in [2.75, 3.05) is 11.9 Å². The molecule has 1 atom stereocenters. The van der Waals surface area contributed by atoms with Gasteiger partial charge in [-0.05, 0) is 29.8 Å². The highest BCUT2D eigenvalue weighted by Crippen LogP contribution is 2.38. The molecule has 0 saturated heterocycles. The van der Waals surface area contributed by atoms with Gasteiger partial charge in [0.15, 0.2) is 0 Å². The van der Waals surface area contributed by atoms with Gasteiger partial charge in [-0.25, -0.2) is 0 Å². The van der Waals surface area contributed by atoms with Crippen LogP contribution in [0.3, 0.4) is 0 Å². The molecule has 3 rings (SSSR count). The third-order valence-electron chi connectivity index (χ3n) is 3.85. The summed E-state index contributed by atoms with van der Waals surface area (Å²) in [6.07, 6.45) is 1.40. The molecular weight excluding hydrogens is 340 g/mol. The molecule has 1 aliphatic heterocycles. The van der Waals surface area contributed by atoms with Crippen LogP contribution in [-0.2, 0) is 16.0 Å². The van der Waals surface area contributed by atoms with Crippen LogP contribution in [0.5, 0.6) is 5.75 Å². The fraction of sp³-hybridized carbons (Fsp3) is 0.158. The topological polar surface area (TPSA) is 67.4 Å².